The van der Waals surface area contributed by atoms with Crippen molar-refractivity contribution in [3.63, 3.8) is 0 Å². The number of hydrogen-bond acceptors (Lipinski definition) is 2. The summed E-state index contributed by atoms with van der Waals surface area (Å²) in [4.78, 5) is 4.56. The van der Waals surface area contributed by atoms with E-state index in [9.17, 15) is 5.11 Å². The van der Waals surface area contributed by atoms with Crippen molar-refractivity contribution in [2.24, 2.45) is 4.99 Å². The minimum absolute atomic E-state index is 0.413. The van der Waals surface area contributed by atoms with Gasteiger partial charge in [0.25, 0.3) is 0 Å². The van der Waals surface area contributed by atoms with Gasteiger partial charge in [0.15, 0.2) is 0 Å². The first kappa shape index (κ1) is 12.3. The number of aliphatic hydroxyl groups is 1. The van der Waals surface area contributed by atoms with E-state index in [1.165, 1.54) is 32.1 Å². The van der Waals surface area contributed by atoms with Gasteiger partial charge in [0.2, 0.25) is 0 Å². The summed E-state index contributed by atoms with van der Waals surface area (Å²) in [5.41, 5.74) is 0.975. The molecule has 0 saturated heterocycles. The molecule has 0 heterocycles. The van der Waals surface area contributed by atoms with Crippen molar-refractivity contribution in [1.29, 1.82) is 0 Å². The predicted molar refractivity (Wildman–Crippen MR) is 71.4 cm³/mol. The molecule has 0 bridgehead atoms. The van der Waals surface area contributed by atoms with E-state index in [0.717, 1.165) is 5.56 Å². The quantitative estimate of drug-likeness (QED) is 0.790. The van der Waals surface area contributed by atoms with Crippen molar-refractivity contribution >= 4 is 6.21 Å². The first-order valence-electron chi connectivity index (χ1n) is 6.61. The zero-order chi connectivity index (χ0) is 11.9. The summed E-state index contributed by atoms with van der Waals surface area (Å²) in [5.74, 6) is 0. The fourth-order valence-corrected chi connectivity index (χ4v) is 2.35. The van der Waals surface area contributed by atoms with Gasteiger partial charge in [-0.05, 0) is 18.4 Å². The number of rotatable bonds is 4. The second-order valence-electron chi connectivity index (χ2n) is 4.79. The van der Waals surface area contributed by atoms with Crippen molar-refractivity contribution in [1.82, 2.24) is 0 Å². The zero-order valence-electron chi connectivity index (χ0n) is 10.3. The largest absolute Gasteiger partial charge is 0.388 e. The molecule has 2 rings (SSSR count). The molecule has 92 valence electrons. The van der Waals surface area contributed by atoms with E-state index in [-0.39, 0.29) is 0 Å². The minimum Gasteiger partial charge on any atom is -0.388 e. The molecule has 2 heteroatoms. The SMILES string of the molecule is OC(CC=NC1CCCCC1)c1ccccc1. The molecule has 1 N–H and O–H groups in total. The molecule has 17 heavy (non-hydrogen) atoms. The van der Waals surface area contributed by atoms with Gasteiger partial charge in [-0.3, -0.25) is 4.99 Å². The first-order chi connectivity index (χ1) is 8.36. The molecule has 1 fully saturated rings. The Kier molecular flexibility index (Phi) is 4.75. The lowest BCUT2D eigenvalue weighted by molar-refractivity contribution is 0.187. The highest BCUT2D eigenvalue weighted by atomic mass is 16.3. The average Bonchev–Trinajstić information content (AvgIpc) is 2.41. The van der Waals surface area contributed by atoms with Crippen LogP contribution in [0.3, 0.4) is 0 Å². The Morgan fingerprint density at radius 2 is 1.88 bits per heavy atom. The number of nitrogens with zero attached hydrogens (tertiary/aromatic N) is 1. The highest BCUT2D eigenvalue weighted by Gasteiger charge is 2.11. The van der Waals surface area contributed by atoms with E-state index in [1.807, 2.05) is 36.5 Å². The van der Waals surface area contributed by atoms with Gasteiger partial charge in [0, 0.05) is 18.7 Å². The maximum Gasteiger partial charge on any atom is 0.0839 e. The van der Waals surface area contributed by atoms with Gasteiger partial charge < -0.3 is 5.11 Å². The lowest BCUT2D eigenvalue weighted by atomic mass is 9.96. The molecule has 1 aromatic carbocycles. The third-order valence-corrected chi connectivity index (χ3v) is 3.40. The Labute approximate surface area is 103 Å². The molecule has 1 atom stereocenters. The van der Waals surface area contributed by atoms with Crippen LogP contribution in [0.1, 0.15) is 50.2 Å². The summed E-state index contributed by atoms with van der Waals surface area (Å²) in [6, 6.07) is 10.3. The molecule has 0 amide bonds. The molecular weight excluding hydrogens is 210 g/mol. The van der Waals surface area contributed by atoms with Gasteiger partial charge in [-0.2, -0.15) is 0 Å². The van der Waals surface area contributed by atoms with Crippen molar-refractivity contribution < 1.29 is 5.11 Å². The molecule has 0 aromatic heterocycles. The third kappa shape index (κ3) is 3.97. The number of aliphatic hydroxyl groups excluding tert-OH is 1. The minimum atomic E-state index is -0.413. The summed E-state index contributed by atoms with van der Waals surface area (Å²) in [6.07, 6.45) is 8.54. The number of aliphatic imine (C=N–C) groups is 1. The molecule has 2 nitrogen and oxygen atoms in total. The summed E-state index contributed by atoms with van der Waals surface area (Å²) in [7, 11) is 0. The van der Waals surface area contributed by atoms with Crippen LogP contribution in [0.2, 0.25) is 0 Å². The van der Waals surface area contributed by atoms with Crippen LogP contribution in [0.15, 0.2) is 35.3 Å². The fourth-order valence-electron chi connectivity index (χ4n) is 2.35. The molecule has 0 radical (unpaired) electrons. The van der Waals surface area contributed by atoms with E-state index in [4.69, 9.17) is 0 Å². The third-order valence-electron chi connectivity index (χ3n) is 3.40. The summed E-state index contributed by atoms with van der Waals surface area (Å²) < 4.78 is 0. The average molecular weight is 231 g/mol. The van der Waals surface area contributed by atoms with Gasteiger partial charge >= 0.3 is 0 Å². The van der Waals surface area contributed by atoms with E-state index in [0.29, 0.717) is 12.5 Å². The summed E-state index contributed by atoms with van der Waals surface area (Å²) in [5, 5.41) is 9.96. The smallest absolute Gasteiger partial charge is 0.0839 e. The second-order valence-corrected chi connectivity index (χ2v) is 4.79. The summed E-state index contributed by atoms with van der Waals surface area (Å²) in [6.45, 7) is 0. The van der Waals surface area contributed by atoms with E-state index >= 15 is 0 Å². The molecule has 1 aromatic rings. The molecule has 1 aliphatic rings. The van der Waals surface area contributed by atoms with Crippen molar-refractivity contribution in [3.8, 4) is 0 Å². The molecule has 0 spiro atoms. The Morgan fingerprint density at radius 1 is 1.18 bits per heavy atom. The number of benzene rings is 1. The molecule has 1 aliphatic carbocycles. The van der Waals surface area contributed by atoms with E-state index in [1.54, 1.807) is 0 Å². The van der Waals surface area contributed by atoms with E-state index in [2.05, 4.69) is 4.99 Å². The first-order valence-corrected chi connectivity index (χ1v) is 6.61. The van der Waals surface area contributed by atoms with Gasteiger partial charge in [0.1, 0.15) is 0 Å². The maximum absolute atomic E-state index is 9.96. The van der Waals surface area contributed by atoms with Crippen LogP contribution in [0, 0.1) is 0 Å². The Hall–Kier alpha value is -1.15. The van der Waals surface area contributed by atoms with Gasteiger partial charge in [-0.25, -0.2) is 0 Å². The normalized spacial score (nSPS) is 19.6. The van der Waals surface area contributed by atoms with Crippen LogP contribution >= 0.6 is 0 Å². The topological polar surface area (TPSA) is 32.6 Å². The maximum atomic E-state index is 9.96. The zero-order valence-corrected chi connectivity index (χ0v) is 10.3. The lowest BCUT2D eigenvalue weighted by Gasteiger charge is -2.17. The monoisotopic (exact) mass is 231 g/mol. The van der Waals surface area contributed by atoms with Crippen LogP contribution in [-0.4, -0.2) is 17.4 Å². The standard InChI is InChI=1S/C15H21NO/c17-15(13-7-3-1-4-8-13)11-12-16-14-9-5-2-6-10-14/h1,3-4,7-8,12,14-15,17H,2,5-6,9-11H2. The van der Waals surface area contributed by atoms with Crippen molar-refractivity contribution in [2.45, 2.75) is 50.7 Å². The van der Waals surface area contributed by atoms with Crippen LogP contribution in [0.4, 0.5) is 0 Å². The Balaban J connectivity index is 1.79. The van der Waals surface area contributed by atoms with Crippen molar-refractivity contribution in [2.75, 3.05) is 0 Å². The Bertz CT molecular complexity index is 341. The fraction of sp³-hybridized carbons (Fsp3) is 0.533. The van der Waals surface area contributed by atoms with E-state index < -0.39 is 6.10 Å². The van der Waals surface area contributed by atoms with Crippen molar-refractivity contribution in [3.05, 3.63) is 35.9 Å². The lowest BCUT2D eigenvalue weighted by Crippen LogP contribution is -2.10. The summed E-state index contributed by atoms with van der Waals surface area (Å²) >= 11 is 0. The van der Waals surface area contributed by atoms with Crippen LogP contribution in [0.25, 0.3) is 0 Å². The second kappa shape index (κ2) is 6.55. The van der Waals surface area contributed by atoms with Gasteiger partial charge in [0.05, 0.1) is 6.10 Å². The Morgan fingerprint density at radius 3 is 2.59 bits per heavy atom. The molecule has 1 unspecified atom stereocenters. The highest BCUT2D eigenvalue weighted by Crippen LogP contribution is 2.20. The van der Waals surface area contributed by atoms with Crippen LogP contribution in [0.5, 0.6) is 0 Å². The highest BCUT2D eigenvalue weighted by molar-refractivity contribution is 5.58. The molecular formula is C15H21NO. The predicted octanol–water partition coefficient (Wildman–Crippen LogP) is 3.51. The molecule has 1 saturated carbocycles. The molecule has 0 aliphatic heterocycles. The van der Waals surface area contributed by atoms with Crippen LogP contribution in [-0.2, 0) is 0 Å². The van der Waals surface area contributed by atoms with Gasteiger partial charge in [-0.15, -0.1) is 0 Å². The van der Waals surface area contributed by atoms with Crippen LogP contribution < -0.4 is 0 Å². The van der Waals surface area contributed by atoms with Gasteiger partial charge in [-0.1, -0.05) is 49.6 Å². The number of hydrogen-bond donors (Lipinski definition) is 1.